The lowest BCUT2D eigenvalue weighted by molar-refractivity contribution is -0.167. The zero-order valence-electron chi connectivity index (χ0n) is 9.33. The number of anilines is 1. The highest BCUT2D eigenvalue weighted by Gasteiger charge is 2.58. The summed E-state index contributed by atoms with van der Waals surface area (Å²) in [6.45, 7) is 0. The number of halogens is 2. The Morgan fingerprint density at radius 3 is 2.89 bits per heavy atom. The molecule has 1 aromatic heterocycles. The molecule has 5 N–H and O–H groups in total. The van der Waals surface area contributed by atoms with Crippen molar-refractivity contribution in [3.63, 3.8) is 0 Å². The Hall–Kier alpha value is -0.820. The van der Waals surface area contributed by atoms with Gasteiger partial charge in [0.25, 0.3) is 5.85 Å². The van der Waals surface area contributed by atoms with Crippen LogP contribution in [-0.2, 0) is 4.74 Å². The van der Waals surface area contributed by atoms with Crippen molar-refractivity contribution in [3.05, 3.63) is 22.7 Å². The third-order valence-electron chi connectivity index (χ3n) is 2.62. The van der Waals surface area contributed by atoms with Crippen LogP contribution < -0.4 is 11.0 Å². The van der Waals surface area contributed by atoms with Crippen molar-refractivity contribution in [2.75, 3.05) is 5.32 Å². The second kappa shape index (κ2) is 5.28. The molecule has 2 heterocycles. The van der Waals surface area contributed by atoms with Crippen molar-refractivity contribution in [2.45, 2.75) is 28.4 Å². The number of hydrogen-bond donors (Lipinski definition) is 5. The molecule has 10 heteroatoms. The number of nitrogens with zero attached hydrogens (tertiary/aromatic N) is 1. The first-order valence-corrected chi connectivity index (χ1v) is 6.45. The normalized spacial score (nSPS) is 36.2. The van der Waals surface area contributed by atoms with E-state index in [9.17, 15) is 24.5 Å². The number of aromatic nitrogens is 2. The Morgan fingerprint density at radius 1 is 1.68 bits per heavy atom. The molecule has 1 aromatic rings. The summed E-state index contributed by atoms with van der Waals surface area (Å²) in [5.41, 5.74) is -0.670. The van der Waals surface area contributed by atoms with Crippen LogP contribution in [0.25, 0.3) is 0 Å². The number of nitrogens with one attached hydrogen (secondary N) is 2. The Morgan fingerprint density at radius 2 is 2.37 bits per heavy atom. The van der Waals surface area contributed by atoms with Crippen LogP contribution in [-0.4, -0.2) is 53.7 Å². The van der Waals surface area contributed by atoms with E-state index in [0.29, 0.717) is 0 Å². The van der Waals surface area contributed by atoms with Gasteiger partial charge in [-0.2, -0.15) is 0 Å². The molecule has 0 aromatic carbocycles. The van der Waals surface area contributed by atoms with Gasteiger partial charge in [-0.3, -0.25) is 4.98 Å². The summed E-state index contributed by atoms with van der Waals surface area (Å²) in [6.07, 6.45) is -3.70. The Balaban J connectivity index is 2.19. The van der Waals surface area contributed by atoms with Crippen molar-refractivity contribution < 1.29 is 24.4 Å². The third kappa shape index (κ3) is 2.86. The van der Waals surface area contributed by atoms with Gasteiger partial charge >= 0.3 is 5.69 Å². The fourth-order valence-electron chi connectivity index (χ4n) is 1.66. The maximum atomic E-state index is 14.0. The topological polar surface area (TPSA) is 128 Å². The first-order chi connectivity index (χ1) is 8.82. The third-order valence-corrected chi connectivity index (χ3v) is 3.33. The average molecular weight is 387 g/mol. The second-order valence-corrected chi connectivity index (χ2v) is 5.24. The minimum atomic E-state index is -3.11. The number of H-pyrrole nitrogens is 1. The smallest absolute Gasteiger partial charge is 0.346 e. The average Bonchev–Trinajstić information content (AvgIpc) is 2.53. The van der Waals surface area contributed by atoms with E-state index < -0.39 is 34.1 Å². The molecule has 0 saturated carbocycles. The molecule has 1 aliphatic heterocycles. The molecule has 19 heavy (non-hydrogen) atoms. The lowest BCUT2D eigenvalue weighted by Crippen LogP contribution is -2.48. The van der Waals surface area contributed by atoms with E-state index in [1.165, 1.54) is 34.9 Å². The van der Waals surface area contributed by atoms with Gasteiger partial charge < -0.3 is 25.4 Å². The molecule has 0 bridgehead atoms. The number of aromatic amines is 1. The van der Waals surface area contributed by atoms with Crippen molar-refractivity contribution in [1.82, 2.24) is 9.97 Å². The van der Waals surface area contributed by atoms with Gasteiger partial charge in [-0.1, -0.05) is 0 Å². The SMILES string of the molecule is O=c1nccc(N[C@H]2O[C@@H](C(O)I)[C@H](O)[C@]2(O)F)[nH]1. The molecule has 1 unspecified atom stereocenters. The number of alkyl halides is 2. The summed E-state index contributed by atoms with van der Waals surface area (Å²) < 4.78 is 17.8. The van der Waals surface area contributed by atoms with Gasteiger partial charge in [0.05, 0.1) is 0 Å². The molecule has 2 rings (SSSR count). The van der Waals surface area contributed by atoms with Crippen LogP contribution in [0.4, 0.5) is 10.2 Å². The van der Waals surface area contributed by atoms with E-state index in [0.717, 1.165) is 0 Å². The highest BCUT2D eigenvalue weighted by molar-refractivity contribution is 14.1. The summed E-state index contributed by atoms with van der Waals surface area (Å²) in [7, 11) is 0. The maximum absolute atomic E-state index is 14.0. The Labute approximate surface area is 119 Å². The van der Waals surface area contributed by atoms with Gasteiger partial charge in [0.15, 0.2) is 6.23 Å². The Kier molecular flexibility index (Phi) is 4.06. The van der Waals surface area contributed by atoms with E-state index in [1.807, 2.05) is 0 Å². The van der Waals surface area contributed by atoms with E-state index in [1.54, 1.807) is 0 Å². The van der Waals surface area contributed by atoms with Gasteiger partial charge in [-0.05, 0) is 28.7 Å². The minimum Gasteiger partial charge on any atom is -0.384 e. The molecule has 1 aliphatic rings. The fraction of sp³-hybridized carbons (Fsp3) is 0.556. The summed E-state index contributed by atoms with van der Waals surface area (Å²) in [5, 5.41) is 30.8. The van der Waals surface area contributed by atoms with E-state index in [-0.39, 0.29) is 5.82 Å². The molecule has 106 valence electrons. The van der Waals surface area contributed by atoms with Crippen LogP contribution in [0, 0.1) is 0 Å². The van der Waals surface area contributed by atoms with Crippen molar-refractivity contribution in [1.29, 1.82) is 0 Å². The van der Waals surface area contributed by atoms with Crippen LogP contribution >= 0.6 is 22.6 Å². The van der Waals surface area contributed by atoms with E-state index in [4.69, 9.17) is 4.74 Å². The van der Waals surface area contributed by atoms with Crippen LogP contribution in [0.2, 0.25) is 0 Å². The Bertz CT molecular complexity index is 511. The van der Waals surface area contributed by atoms with Crippen molar-refractivity contribution >= 4 is 28.4 Å². The van der Waals surface area contributed by atoms with Crippen molar-refractivity contribution in [2.24, 2.45) is 0 Å². The zero-order valence-corrected chi connectivity index (χ0v) is 11.5. The predicted molar refractivity (Wildman–Crippen MR) is 69.2 cm³/mol. The van der Waals surface area contributed by atoms with Crippen LogP contribution in [0.3, 0.4) is 0 Å². The van der Waals surface area contributed by atoms with Gasteiger partial charge in [-0.15, -0.1) is 0 Å². The lowest BCUT2D eigenvalue weighted by atomic mass is 10.1. The standard InChI is InChI=1S/C9H11FIN3O5/c10-9(18)5(15)4(6(11)16)19-7(9)13-3-1-2-12-8(17)14-3/h1-2,4-7,15-16,18H,(H2,12,13,14,17)/t4-,5+,6?,7+,9-/m1/s1. The first-order valence-electron chi connectivity index (χ1n) is 5.21. The monoisotopic (exact) mass is 387 g/mol. The second-order valence-electron chi connectivity index (χ2n) is 3.96. The number of ether oxygens (including phenoxy) is 1. The number of rotatable bonds is 3. The molecular weight excluding hydrogens is 376 g/mol. The molecule has 0 spiro atoms. The molecule has 1 saturated heterocycles. The van der Waals surface area contributed by atoms with E-state index in [2.05, 4.69) is 15.3 Å². The summed E-state index contributed by atoms with van der Waals surface area (Å²) in [5.74, 6) is -3.06. The molecular formula is C9H11FIN3O5. The summed E-state index contributed by atoms with van der Waals surface area (Å²) in [6, 6.07) is 1.32. The van der Waals surface area contributed by atoms with Crippen LogP contribution in [0.15, 0.2) is 17.1 Å². The number of aliphatic hydroxyl groups excluding tert-OH is 2. The zero-order chi connectivity index (χ0) is 14.2. The largest absolute Gasteiger partial charge is 0.384 e. The van der Waals surface area contributed by atoms with Crippen molar-refractivity contribution in [3.8, 4) is 0 Å². The van der Waals surface area contributed by atoms with Gasteiger partial charge in [0.2, 0.25) is 0 Å². The summed E-state index contributed by atoms with van der Waals surface area (Å²) in [4.78, 5) is 16.6. The van der Waals surface area contributed by atoms with Gasteiger partial charge in [0.1, 0.15) is 22.1 Å². The molecule has 1 fully saturated rings. The van der Waals surface area contributed by atoms with E-state index >= 15 is 0 Å². The lowest BCUT2D eigenvalue weighted by Gasteiger charge is -2.23. The predicted octanol–water partition coefficient (Wildman–Crippen LogP) is -1.32. The minimum absolute atomic E-state index is 0.0527. The molecule has 0 radical (unpaired) electrons. The highest BCUT2D eigenvalue weighted by Crippen LogP contribution is 2.35. The quantitative estimate of drug-likeness (QED) is 0.322. The number of hydrogen-bond acceptors (Lipinski definition) is 7. The molecule has 8 nitrogen and oxygen atoms in total. The van der Waals surface area contributed by atoms with Crippen LogP contribution in [0.5, 0.6) is 0 Å². The van der Waals surface area contributed by atoms with Gasteiger partial charge in [-0.25, -0.2) is 14.2 Å². The molecule has 5 atom stereocenters. The van der Waals surface area contributed by atoms with Crippen LogP contribution in [0.1, 0.15) is 0 Å². The first kappa shape index (κ1) is 14.6. The highest BCUT2D eigenvalue weighted by atomic mass is 127. The fourth-order valence-corrected chi connectivity index (χ4v) is 2.22. The maximum Gasteiger partial charge on any atom is 0.346 e. The summed E-state index contributed by atoms with van der Waals surface area (Å²) >= 11 is 1.52. The molecule has 0 aliphatic carbocycles. The number of aliphatic hydroxyl groups is 3. The van der Waals surface area contributed by atoms with Gasteiger partial charge in [0, 0.05) is 6.20 Å². The molecule has 0 amide bonds.